The van der Waals surface area contributed by atoms with Gasteiger partial charge in [-0.3, -0.25) is 4.79 Å². The number of carboxylic acids is 1. The summed E-state index contributed by atoms with van der Waals surface area (Å²) in [4.78, 5) is 23.6. The third-order valence-electron chi connectivity index (χ3n) is 2.45. The van der Waals surface area contributed by atoms with Crippen LogP contribution < -0.4 is 10.6 Å². The highest BCUT2D eigenvalue weighted by Gasteiger charge is 2.20. The molecule has 0 aliphatic heterocycles. The summed E-state index contributed by atoms with van der Waals surface area (Å²) in [5, 5.41) is 9.05. The fraction of sp³-hybridized carbons (Fsp3) is 0.333. The molecule has 1 aromatic carbocycles. The standard InChI is InChI=1S/C12H15FN2O3/c1-7(2)15(6-11(14)16)10-4-3-8(13)5-9(10)12(17)18/h3-5,7H,6H2,1-2H3,(H2,14,16)(H,17,18). The monoisotopic (exact) mass is 254 g/mol. The van der Waals surface area contributed by atoms with Crippen LogP contribution in [0.1, 0.15) is 24.2 Å². The molecule has 0 saturated heterocycles. The van der Waals surface area contributed by atoms with Crippen LogP contribution in [0.5, 0.6) is 0 Å². The van der Waals surface area contributed by atoms with Crippen molar-refractivity contribution in [1.29, 1.82) is 0 Å². The molecule has 0 aliphatic carbocycles. The average molecular weight is 254 g/mol. The van der Waals surface area contributed by atoms with Gasteiger partial charge in [-0.15, -0.1) is 0 Å². The van der Waals surface area contributed by atoms with Crippen LogP contribution in [0.2, 0.25) is 0 Å². The molecule has 0 atom stereocenters. The highest BCUT2D eigenvalue weighted by molar-refractivity contribution is 5.95. The van der Waals surface area contributed by atoms with E-state index >= 15 is 0 Å². The van der Waals surface area contributed by atoms with E-state index < -0.39 is 17.7 Å². The molecule has 5 nitrogen and oxygen atoms in total. The summed E-state index contributed by atoms with van der Waals surface area (Å²) < 4.78 is 13.1. The zero-order valence-electron chi connectivity index (χ0n) is 10.2. The number of primary amides is 1. The van der Waals surface area contributed by atoms with Crippen LogP contribution in [0, 0.1) is 5.82 Å². The minimum Gasteiger partial charge on any atom is -0.478 e. The number of aromatic carboxylic acids is 1. The third kappa shape index (κ3) is 3.19. The number of anilines is 1. The van der Waals surface area contributed by atoms with Gasteiger partial charge in [-0.2, -0.15) is 0 Å². The largest absolute Gasteiger partial charge is 0.478 e. The summed E-state index contributed by atoms with van der Waals surface area (Å²) in [6.07, 6.45) is 0. The van der Waals surface area contributed by atoms with Crippen molar-refractivity contribution in [3.63, 3.8) is 0 Å². The van der Waals surface area contributed by atoms with Gasteiger partial charge in [0, 0.05) is 6.04 Å². The molecule has 1 amide bonds. The van der Waals surface area contributed by atoms with Gasteiger partial charge in [0.15, 0.2) is 0 Å². The lowest BCUT2D eigenvalue weighted by molar-refractivity contribution is -0.116. The fourth-order valence-corrected chi connectivity index (χ4v) is 1.64. The second kappa shape index (κ2) is 5.48. The topological polar surface area (TPSA) is 83.6 Å². The van der Waals surface area contributed by atoms with Gasteiger partial charge in [-0.05, 0) is 32.0 Å². The molecule has 1 aromatic rings. The van der Waals surface area contributed by atoms with Crippen molar-refractivity contribution in [3.05, 3.63) is 29.6 Å². The summed E-state index contributed by atoms with van der Waals surface area (Å²) in [6.45, 7) is 3.46. The van der Waals surface area contributed by atoms with Crippen molar-refractivity contribution in [2.45, 2.75) is 19.9 Å². The van der Waals surface area contributed by atoms with Crippen LogP contribution in [0.3, 0.4) is 0 Å². The second-order valence-corrected chi connectivity index (χ2v) is 4.15. The number of carbonyl (C=O) groups excluding carboxylic acids is 1. The van der Waals surface area contributed by atoms with Gasteiger partial charge < -0.3 is 15.7 Å². The summed E-state index contributed by atoms with van der Waals surface area (Å²) in [5.74, 6) is -2.47. The van der Waals surface area contributed by atoms with E-state index in [1.165, 1.54) is 11.0 Å². The first-order chi connectivity index (χ1) is 8.32. The lowest BCUT2D eigenvalue weighted by Gasteiger charge is -2.28. The van der Waals surface area contributed by atoms with E-state index in [9.17, 15) is 14.0 Å². The minimum atomic E-state index is -1.25. The molecule has 6 heteroatoms. The Kier molecular flexibility index (Phi) is 4.25. The predicted molar refractivity (Wildman–Crippen MR) is 65.0 cm³/mol. The smallest absolute Gasteiger partial charge is 0.337 e. The van der Waals surface area contributed by atoms with E-state index in [0.717, 1.165) is 12.1 Å². The second-order valence-electron chi connectivity index (χ2n) is 4.15. The van der Waals surface area contributed by atoms with Crippen molar-refractivity contribution in [3.8, 4) is 0 Å². The first-order valence-corrected chi connectivity index (χ1v) is 5.40. The van der Waals surface area contributed by atoms with Crippen LogP contribution in [0.4, 0.5) is 10.1 Å². The molecule has 0 heterocycles. The Labute approximate surface area is 104 Å². The Morgan fingerprint density at radius 1 is 1.44 bits per heavy atom. The van der Waals surface area contributed by atoms with E-state index in [-0.39, 0.29) is 23.8 Å². The molecule has 18 heavy (non-hydrogen) atoms. The first-order valence-electron chi connectivity index (χ1n) is 5.40. The van der Waals surface area contributed by atoms with Gasteiger partial charge in [-0.25, -0.2) is 9.18 Å². The molecule has 0 bridgehead atoms. The van der Waals surface area contributed by atoms with E-state index in [2.05, 4.69) is 0 Å². The van der Waals surface area contributed by atoms with Crippen molar-refractivity contribution in [2.75, 3.05) is 11.4 Å². The molecule has 3 N–H and O–H groups in total. The van der Waals surface area contributed by atoms with Gasteiger partial charge >= 0.3 is 5.97 Å². The van der Waals surface area contributed by atoms with Gasteiger partial charge in [-0.1, -0.05) is 0 Å². The summed E-state index contributed by atoms with van der Waals surface area (Å²) >= 11 is 0. The number of amides is 1. The van der Waals surface area contributed by atoms with Crippen molar-refractivity contribution in [2.24, 2.45) is 5.73 Å². The van der Waals surface area contributed by atoms with Gasteiger partial charge in [0.05, 0.1) is 17.8 Å². The number of halogens is 1. The SMILES string of the molecule is CC(C)N(CC(N)=O)c1ccc(F)cc1C(=O)O. The number of hydrogen-bond donors (Lipinski definition) is 2. The average Bonchev–Trinajstić information content (AvgIpc) is 2.25. The number of hydrogen-bond acceptors (Lipinski definition) is 3. The van der Waals surface area contributed by atoms with Crippen molar-refractivity contribution < 1.29 is 19.1 Å². The van der Waals surface area contributed by atoms with Crippen LogP contribution in [0.15, 0.2) is 18.2 Å². The Morgan fingerprint density at radius 3 is 2.50 bits per heavy atom. The molecule has 0 aliphatic rings. The molecule has 0 spiro atoms. The number of nitrogens with zero attached hydrogens (tertiary/aromatic N) is 1. The lowest BCUT2D eigenvalue weighted by atomic mass is 10.1. The molecule has 98 valence electrons. The Balaban J connectivity index is 3.27. The molecule has 0 aromatic heterocycles. The summed E-state index contributed by atoms with van der Waals surface area (Å²) in [7, 11) is 0. The fourth-order valence-electron chi connectivity index (χ4n) is 1.64. The summed E-state index contributed by atoms with van der Waals surface area (Å²) in [5.41, 5.74) is 5.21. The molecule has 0 fully saturated rings. The van der Waals surface area contributed by atoms with E-state index in [1.807, 2.05) is 0 Å². The van der Waals surface area contributed by atoms with Gasteiger partial charge in [0.1, 0.15) is 5.82 Å². The molecule has 0 radical (unpaired) electrons. The molecule has 1 rings (SSSR count). The number of carbonyl (C=O) groups is 2. The maximum absolute atomic E-state index is 13.1. The van der Waals surface area contributed by atoms with Gasteiger partial charge in [0.25, 0.3) is 0 Å². The van der Waals surface area contributed by atoms with Crippen LogP contribution in [-0.4, -0.2) is 29.6 Å². The van der Waals surface area contributed by atoms with E-state index in [1.54, 1.807) is 13.8 Å². The number of nitrogens with two attached hydrogens (primary N) is 1. The van der Waals surface area contributed by atoms with Crippen LogP contribution in [-0.2, 0) is 4.79 Å². The molecule has 0 unspecified atom stereocenters. The Bertz CT molecular complexity index is 474. The van der Waals surface area contributed by atoms with Gasteiger partial charge in [0.2, 0.25) is 5.91 Å². The maximum atomic E-state index is 13.1. The number of rotatable bonds is 5. The molecular weight excluding hydrogens is 239 g/mol. The first kappa shape index (κ1) is 14.0. The highest BCUT2D eigenvalue weighted by atomic mass is 19.1. The highest BCUT2D eigenvalue weighted by Crippen LogP contribution is 2.23. The van der Waals surface area contributed by atoms with E-state index in [0.29, 0.717) is 0 Å². The van der Waals surface area contributed by atoms with Crippen molar-refractivity contribution >= 4 is 17.6 Å². The Morgan fingerprint density at radius 2 is 2.06 bits per heavy atom. The number of benzene rings is 1. The quantitative estimate of drug-likeness (QED) is 0.827. The normalized spacial score (nSPS) is 10.4. The summed E-state index contributed by atoms with van der Waals surface area (Å²) in [6, 6.07) is 3.27. The van der Waals surface area contributed by atoms with Crippen molar-refractivity contribution in [1.82, 2.24) is 0 Å². The molecular formula is C12H15FN2O3. The zero-order valence-corrected chi connectivity index (χ0v) is 10.2. The lowest BCUT2D eigenvalue weighted by Crippen LogP contribution is -2.39. The molecule has 0 saturated carbocycles. The minimum absolute atomic E-state index is 0.121. The third-order valence-corrected chi connectivity index (χ3v) is 2.45. The van der Waals surface area contributed by atoms with E-state index in [4.69, 9.17) is 10.8 Å². The Hall–Kier alpha value is -2.11. The maximum Gasteiger partial charge on any atom is 0.337 e. The number of carboxylic acid groups (broad SMARTS) is 1. The predicted octanol–water partition coefficient (Wildman–Crippen LogP) is 1.22. The van der Waals surface area contributed by atoms with Crippen LogP contribution in [0.25, 0.3) is 0 Å². The zero-order chi connectivity index (χ0) is 13.9. The van der Waals surface area contributed by atoms with Crippen LogP contribution >= 0.6 is 0 Å².